The number of carbonyl (C=O) groups is 1. The van der Waals surface area contributed by atoms with Gasteiger partial charge in [-0.05, 0) is 45.0 Å². The van der Waals surface area contributed by atoms with E-state index in [2.05, 4.69) is 0 Å². The van der Waals surface area contributed by atoms with Crippen LogP contribution in [-0.4, -0.2) is 51.7 Å². The molecular formula is C19H27NO4. The van der Waals surface area contributed by atoms with Crippen LogP contribution in [0.3, 0.4) is 0 Å². The predicted molar refractivity (Wildman–Crippen MR) is 91.3 cm³/mol. The van der Waals surface area contributed by atoms with E-state index in [1.165, 1.54) is 6.07 Å². The number of aromatic hydroxyl groups is 2. The van der Waals surface area contributed by atoms with Gasteiger partial charge in [0.05, 0.1) is 5.60 Å². The summed E-state index contributed by atoms with van der Waals surface area (Å²) in [6, 6.07) is 3.18. The van der Waals surface area contributed by atoms with Gasteiger partial charge in [0, 0.05) is 29.9 Å². The second-order valence-corrected chi connectivity index (χ2v) is 7.62. The minimum atomic E-state index is -1.10. The monoisotopic (exact) mass is 333 g/mol. The largest absolute Gasteiger partial charge is 0.504 e. The zero-order valence-electron chi connectivity index (χ0n) is 14.7. The number of rotatable bonds is 3. The number of hydrogen-bond acceptors (Lipinski definition) is 5. The zero-order chi connectivity index (χ0) is 17.7. The van der Waals surface area contributed by atoms with Crippen molar-refractivity contribution in [3.05, 3.63) is 23.3 Å². The molecule has 0 amide bonds. The summed E-state index contributed by atoms with van der Waals surface area (Å²) < 4.78 is 0. The van der Waals surface area contributed by atoms with Gasteiger partial charge in [-0.3, -0.25) is 4.79 Å². The minimum absolute atomic E-state index is 0.112. The van der Waals surface area contributed by atoms with E-state index in [1.54, 1.807) is 0 Å². The molecule has 3 N–H and O–H groups in total. The van der Waals surface area contributed by atoms with Crippen molar-refractivity contribution >= 4 is 5.78 Å². The van der Waals surface area contributed by atoms with E-state index in [4.69, 9.17) is 0 Å². The number of fused-ring (bicyclic) bond motifs is 3. The summed E-state index contributed by atoms with van der Waals surface area (Å²) in [5.41, 5.74) is -0.448. The van der Waals surface area contributed by atoms with Crippen LogP contribution in [0.4, 0.5) is 0 Å². The van der Waals surface area contributed by atoms with Gasteiger partial charge < -0.3 is 20.2 Å². The first kappa shape index (κ1) is 17.2. The number of carbonyl (C=O) groups excluding carboxylic acids is 1. The fourth-order valence-corrected chi connectivity index (χ4v) is 5.11. The predicted octanol–water partition coefficient (Wildman–Crippen LogP) is 2.11. The maximum atomic E-state index is 12.4. The molecule has 0 aromatic heterocycles. The van der Waals surface area contributed by atoms with Crippen LogP contribution in [-0.2, 0) is 16.6 Å². The van der Waals surface area contributed by atoms with Gasteiger partial charge in [-0.1, -0.05) is 19.4 Å². The Morgan fingerprint density at radius 2 is 2.00 bits per heavy atom. The molecule has 5 nitrogen and oxygen atoms in total. The molecule has 132 valence electrons. The molecule has 2 unspecified atom stereocenters. The minimum Gasteiger partial charge on any atom is -0.504 e. The molecule has 0 bridgehead atoms. The van der Waals surface area contributed by atoms with Crippen LogP contribution >= 0.6 is 0 Å². The second kappa shape index (κ2) is 5.74. The average Bonchev–Trinajstić information content (AvgIpc) is 2.51. The Kier molecular flexibility index (Phi) is 4.12. The summed E-state index contributed by atoms with van der Waals surface area (Å²) in [5, 5.41) is 32.5. The number of benzene rings is 1. The lowest BCUT2D eigenvalue weighted by atomic mass is 9.50. The summed E-state index contributed by atoms with van der Waals surface area (Å²) in [7, 11) is 3.89. The lowest BCUT2D eigenvalue weighted by molar-refractivity contribution is -0.151. The number of phenols is 2. The zero-order valence-corrected chi connectivity index (χ0v) is 14.7. The molecule has 2 aliphatic rings. The maximum absolute atomic E-state index is 12.4. The number of nitrogens with zero attached hydrogens (tertiary/aromatic N) is 1. The molecule has 0 spiro atoms. The summed E-state index contributed by atoms with van der Waals surface area (Å²) in [6.45, 7) is 2.02. The number of phenolic OH excluding ortho intramolecular Hbond substituents is 2. The molecule has 1 saturated carbocycles. The Balaban J connectivity index is 2.33. The molecule has 0 aliphatic heterocycles. The Morgan fingerprint density at radius 3 is 2.62 bits per heavy atom. The molecule has 1 fully saturated rings. The lowest BCUT2D eigenvalue weighted by Gasteiger charge is -2.59. The van der Waals surface area contributed by atoms with Crippen molar-refractivity contribution in [3.63, 3.8) is 0 Å². The highest BCUT2D eigenvalue weighted by Crippen LogP contribution is 2.58. The SMILES string of the molecule is CCC[C@@]12CC(=O)CCC1(O)C(N(C)C)Cc1ccc(O)c(O)c12. The lowest BCUT2D eigenvalue weighted by Crippen LogP contribution is -2.68. The van der Waals surface area contributed by atoms with E-state index < -0.39 is 11.0 Å². The van der Waals surface area contributed by atoms with Gasteiger partial charge in [0.1, 0.15) is 5.78 Å². The van der Waals surface area contributed by atoms with Crippen molar-refractivity contribution in [2.24, 2.45) is 0 Å². The van der Waals surface area contributed by atoms with Crippen molar-refractivity contribution in [2.45, 2.75) is 62.5 Å². The van der Waals surface area contributed by atoms with E-state index in [1.807, 2.05) is 32.0 Å². The van der Waals surface area contributed by atoms with E-state index >= 15 is 0 Å². The van der Waals surface area contributed by atoms with Crippen LogP contribution in [0.5, 0.6) is 11.5 Å². The molecule has 1 aromatic rings. The first-order chi connectivity index (χ1) is 11.3. The molecule has 0 saturated heterocycles. The molecule has 3 rings (SSSR count). The number of likely N-dealkylation sites (N-methyl/N-ethyl adjacent to an activating group) is 1. The topological polar surface area (TPSA) is 81.0 Å². The van der Waals surface area contributed by atoms with Crippen molar-refractivity contribution < 1.29 is 20.1 Å². The maximum Gasteiger partial charge on any atom is 0.161 e. The van der Waals surface area contributed by atoms with Gasteiger partial charge in [0.25, 0.3) is 0 Å². The highest BCUT2D eigenvalue weighted by atomic mass is 16.3. The molecule has 3 atom stereocenters. The summed E-state index contributed by atoms with van der Waals surface area (Å²) in [4.78, 5) is 14.4. The summed E-state index contributed by atoms with van der Waals surface area (Å²) in [6.07, 6.45) is 2.94. The highest BCUT2D eigenvalue weighted by Gasteiger charge is 2.62. The van der Waals surface area contributed by atoms with Crippen LogP contribution in [0.2, 0.25) is 0 Å². The third-order valence-electron chi connectivity index (χ3n) is 6.10. The van der Waals surface area contributed by atoms with Gasteiger partial charge in [-0.2, -0.15) is 0 Å². The van der Waals surface area contributed by atoms with Gasteiger partial charge in [0.15, 0.2) is 11.5 Å². The molecule has 0 radical (unpaired) electrons. The first-order valence-electron chi connectivity index (χ1n) is 8.71. The summed E-state index contributed by atoms with van der Waals surface area (Å²) >= 11 is 0. The highest BCUT2D eigenvalue weighted by molar-refractivity contribution is 5.83. The van der Waals surface area contributed by atoms with E-state index in [-0.39, 0.29) is 29.7 Å². The molecule has 1 aromatic carbocycles. The average molecular weight is 333 g/mol. The molecule has 5 heteroatoms. The van der Waals surface area contributed by atoms with Crippen molar-refractivity contribution in [3.8, 4) is 11.5 Å². The number of hydrogen-bond donors (Lipinski definition) is 3. The molecule has 0 heterocycles. The number of Topliss-reactive ketones (excluding diaryl/α,β-unsaturated/α-hetero) is 1. The fourth-order valence-electron chi connectivity index (χ4n) is 5.11. The van der Waals surface area contributed by atoms with Crippen LogP contribution in [0, 0.1) is 0 Å². The normalized spacial score (nSPS) is 32.5. The number of aliphatic hydroxyl groups is 1. The second-order valence-electron chi connectivity index (χ2n) is 7.62. The quantitative estimate of drug-likeness (QED) is 0.738. The molecule has 24 heavy (non-hydrogen) atoms. The fraction of sp³-hybridized carbons (Fsp3) is 0.632. The van der Waals surface area contributed by atoms with E-state index in [9.17, 15) is 20.1 Å². The Morgan fingerprint density at radius 1 is 1.29 bits per heavy atom. The Hall–Kier alpha value is -1.59. The molecule has 2 aliphatic carbocycles. The smallest absolute Gasteiger partial charge is 0.161 e. The van der Waals surface area contributed by atoms with Crippen LogP contribution in [0.1, 0.15) is 50.2 Å². The van der Waals surface area contributed by atoms with Gasteiger partial charge >= 0.3 is 0 Å². The Labute approximate surface area is 142 Å². The van der Waals surface area contributed by atoms with E-state index in [0.717, 1.165) is 12.0 Å². The third kappa shape index (κ3) is 2.18. The van der Waals surface area contributed by atoms with Crippen LogP contribution in [0.25, 0.3) is 0 Å². The van der Waals surface area contributed by atoms with Crippen molar-refractivity contribution in [1.82, 2.24) is 4.90 Å². The first-order valence-corrected chi connectivity index (χ1v) is 8.71. The molecular weight excluding hydrogens is 306 g/mol. The number of ketones is 1. The van der Waals surface area contributed by atoms with Crippen LogP contribution in [0.15, 0.2) is 12.1 Å². The van der Waals surface area contributed by atoms with Gasteiger partial charge in [-0.15, -0.1) is 0 Å². The van der Waals surface area contributed by atoms with Crippen molar-refractivity contribution in [2.75, 3.05) is 14.1 Å². The van der Waals surface area contributed by atoms with Crippen molar-refractivity contribution in [1.29, 1.82) is 0 Å². The van der Waals surface area contributed by atoms with Crippen LogP contribution < -0.4 is 0 Å². The van der Waals surface area contributed by atoms with Gasteiger partial charge in [0.2, 0.25) is 0 Å². The van der Waals surface area contributed by atoms with Gasteiger partial charge in [-0.25, -0.2) is 0 Å². The van der Waals surface area contributed by atoms with E-state index in [0.29, 0.717) is 31.2 Å². The Bertz CT molecular complexity index is 672. The third-order valence-corrected chi connectivity index (χ3v) is 6.10. The standard InChI is InChI=1S/C19H27NO4/c1-4-8-18-11-13(21)7-9-19(18,24)15(20(2)3)10-12-5-6-14(22)17(23)16(12)18/h5-6,15,22-24H,4,7-11H2,1-3H3/t15?,18-,19?/m0/s1. The summed E-state index contributed by atoms with van der Waals surface area (Å²) in [5.74, 6) is -0.250.